The summed E-state index contributed by atoms with van der Waals surface area (Å²) in [7, 11) is 3.19. The van der Waals surface area contributed by atoms with Gasteiger partial charge in [-0.3, -0.25) is 4.79 Å². The van der Waals surface area contributed by atoms with Crippen molar-refractivity contribution >= 4 is 11.6 Å². The van der Waals surface area contributed by atoms with Crippen LogP contribution in [0.25, 0.3) is 0 Å². The Labute approximate surface area is 156 Å². The minimum atomic E-state index is -0.0144. The fraction of sp³-hybridized carbons (Fsp3) is 0.650. The van der Waals surface area contributed by atoms with Crippen molar-refractivity contribution in [2.75, 3.05) is 39.2 Å². The SMILES string of the molecule is COc1ccc(NC(=O)CC(C)NCC2CCN(C3CC3)C2)c(OC)c1. The zero-order valence-electron chi connectivity index (χ0n) is 16.1. The van der Waals surface area contributed by atoms with Gasteiger partial charge in [0.1, 0.15) is 11.5 Å². The molecule has 1 heterocycles. The molecule has 2 atom stereocenters. The number of hydrogen-bond donors (Lipinski definition) is 2. The molecule has 2 N–H and O–H groups in total. The molecule has 1 saturated heterocycles. The minimum Gasteiger partial charge on any atom is -0.497 e. The molecule has 1 saturated carbocycles. The van der Waals surface area contributed by atoms with Gasteiger partial charge in [-0.25, -0.2) is 0 Å². The Kier molecular flexibility index (Phi) is 6.38. The second kappa shape index (κ2) is 8.73. The van der Waals surface area contributed by atoms with Gasteiger partial charge in [-0.2, -0.15) is 0 Å². The fourth-order valence-electron chi connectivity index (χ4n) is 3.62. The third-order valence-electron chi connectivity index (χ3n) is 5.31. The van der Waals surface area contributed by atoms with Crippen molar-refractivity contribution in [3.8, 4) is 11.5 Å². The molecule has 0 bridgehead atoms. The maximum Gasteiger partial charge on any atom is 0.226 e. The Morgan fingerprint density at radius 2 is 2.08 bits per heavy atom. The van der Waals surface area contributed by atoms with Gasteiger partial charge in [0.05, 0.1) is 19.9 Å². The number of likely N-dealkylation sites (tertiary alicyclic amines) is 1. The number of nitrogens with zero attached hydrogens (tertiary/aromatic N) is 1. The number of amides is 1. The molecule has 144 valence electrons. The van der Waals surface area contributed by atoms with Gasteiger partial charge in [0, 0.05) is 31.1 Å². The number of rotatable bonds is 9. The molecule has 3 rings (SSSR count). The van der Waals surface area contributed by atoms with E-state index in [2.05, 4.69) is 22.5 Å². The van der Waals surface area contributed by atoms with E-state index in [1.807, 2.05) is 6.07 Å². The van der Waals surface area contributed by atoms with Crippen LogP contribution >= 0.6 is 0 Å². The summed E-state index contributed by atoms with van der Waals surface area (Å²) in [5.74, 6) is 2.00. The predicted molar refractivity (Wildman–Crippen MR) is 103 cm³/mol. The van der Waals surface area contributed by atoms with E-state index in [-0.39, 0.29) is 11.9 Å². The van der Waals surface area contributed by atoms with Gasteiger partial charge in [0.2, 0.25) is 5.91 Å². The van der Waals surface area contributed by atoms with E-state index in [1.165, 1.54) is 32.4 Å². The van der Waals surface area contributed by atoms with Crippen molar-refractivity contribution in [1.29, 1.82) is 0 Å². The molecule has 0 spiro atoms. The number of nitrogens with one attached hydrogen (secondary N) is 2. The van der Waals surface area contributed by atoms with Crippen molar-refractivity contribution in [2.45, 2.75) is 44.7 Å². The van der Waals surface area contributed by atoms with Gasteiger partial charge in [-0.05, 0) is 57.3 Å². The molecule has 1 aliphatic carbocycles. The van der Waals surface area contributed by atoms with Crippen molar-refractivity contribution in [1.82, 2.24) is 10.2 Å². The Balaban J connectivity index is 1.41. The molecule has 1 aromatic rings. The number of ether oxygens (including phenoxy) is 2. The topological polar surface area (TPSA) is 62.8 Å². The highest BCUT2D eigenvalue weighted by molar-refractivity contribution is 5.92. The zero-order chi connectivity index (χ0) is 18.5. The lowest BCUT2D eigenvalue weighted by atomic mass is 10.1. The molecule has 6 nitrogen and oxygen atoms in total. The smallest absolute Gasteiger partial charge is 0.226 e. The minimum absolute atomic E-state index is 0.0144. The summed E-state index contributed by atoms with van der Waals surface area (Å²) in [6.07, 6.45) is 4.47. The number of carbonyl (C=O) groups excluding carboxylic acids is 1. The van der Waals surface area contributed by atoms with Crippen LogP contribution in [0.3, 0.4) is 0 Å². The zero-order valence-corrected chi connectivity index (χ0v) is 16.1. The van der Waals surface area contributed by atoms with Crippen LogP contribution in [0.2, 0.25) is 0 Å². The van der Waals surface area contributed by atoms with Crippen LogP contribution in [0, 0.1) is 5.92 Å². The molecular formula is C20H31N3O3. The number of methoxy groups -OCH3 is 2. The molecule has 1 aliphatic heterocycles. The van der Waals surface area contributed by atoms with E-state index >= 15 is 0 Å². The predicted octanol–water partition coefficient (Wildman–Crippen LogP) is 2.49. The van der Waals surface area contributed by atoms with E-state index in [1.54, 1.807) is 26.4 Å². The van der Waals surface area contributed by atoms with E-state index < -0.39 is 0 Å². The van der Waals surface area contributed by atoms with E-state index in [0.29, 0.717) is 29.5 Å². The van der Waals surface area contributed by atoms with E-state index in [9.17, 15) is 4.79 Å². The average Bonchev–Trinajstić information content (AvgIpc) is 3.38. The van der Waals surface area contributed by atoms with Crippen LogP contribution in [-0.2, 0) is 4.79 Å². The fourth-order valence-corrected chi connectivity index (χ4v) is 3.62. The largest absolute Gasteiger partial charge is 0.497 e. The first kappa shape index (κ1) is 19.0. The number of benzene rings is 1. The Morgan fingerprint density at radius 1 is 1.27 bits per heavy atom. The molecule has 2 fully saturated rings. The van der Waals surface area contributed by atoms with Gasteiger partial charge < -0.3 is 25.0 Å². The maximum atomic E-state index is 12.3. The Morgan fingerprint density at radius 3 is 2.77 bits per heavy atom. The molecule has 1 aromatic carbocycles. The molecule has 1 amide bonds. The van der Waals surface area contributed by atoms with Crippen LogP contribution in [0.4, 0.5) is 5.69 Å². The van der Waals surface area contributed by atoms with Crippen molar-refractivity contribution in [3.05, 3.63) is 18.2 Å². The summed E-state index contributed by atoms with van der Waals surface area (Å²) in [4.78, 5) is 15.0. The molecule has 2 unspecified atom stereocenters. The summed E-state index contributed by atoms with van der Waals surface area (Å²) >= 11 is 0. The highest BCUT2D eigenvalue weighted by Gasteiger charge is 2.34. The normalized spacial score (nSPS) is 21.4. The first-order valence-electron chi connectivity index (χ1n) is 9.58. The van der Waals surface area contributed by atoms with Gasteiger partial charge >= 0.3 is 0 Å². The van der Waals surface area contributed by atoms with Gasteiger partial charge in [0.25, 0.3) is 0 Å². The highest BCUT2D eigenvalue weighted by Crippen LogP contribution is 2.31. The van der Waals surface area contributed by atoms with Crippen molar-refractivity contribution in [2.24, 2.45) is 5.92 Å². The van der Waals surface area contributed by atoms with Gasteiger partial charge in [0.15, 0.2) is 0 Å². The Bertz CT molecular complexity index is 618. The molecule has 26 heavy (non-hydrogen) atoms. The first-order valence-corrected chi connectivity index (χ1v) is 9.58. The average molecular weight is 361 g/mol. The monoisotopic (exact) mass is 361 g/mol. The third kappa shape index (κ3) is 5.11. The summed E-state index contributed by atoms with van der Waals surface area (Å²) in [6, 6.07) is 6.39. The lowest BCUT2D eigenvalue weighted by molar-refractivity contribution is -0.116. The van der Waals surface area contributed by atoms with Crippen LogP contribution in [0.1, 0.15) is 32.6 Å². The summed E-state index contributed by atoms with van der Waals surface area (Å²) < 4.78 is 10.5. The van der Waals surface area contributed by atoms with Crippen molar-refractivity contribution in [3.63, 3.8) is 0 Å². The van der Waals surface area contributed by atoms with Crippen molar-refractivity contribution < 1.29 is 14.3 Å². The lowest BCUT2D eigenvalue weighted by Crippen LogP contribution is -2.35. The molecular weight excluding hydrogens is 330 g/mol. The highest BCUT2D eigenvalue weighted by atomic mass is 16.5. The number of carbonyl (C=O) groups is 1. The third-order valence-corrected chi connectivity index (χ3v) is 5.31. The maximum absolute atomic E-state index is 12.3. The molecule has 0 aromatic heterocycles. The summed E-state index contributed by atoms with van der Waals surface area (Å²) in [5.41, 5.74) is 0.668. The number of anilines is 1. The van der Waals surface area contributed by atoms with E-state index in [4.69, 9.17) is 9.47 Å². The lowest BCUT2D eigenvalue weighted by Gasteiger charge is -2.18. The van der Waals surface area contributed by atoms with Crippen LogP contribution in [0.5, 0.6) is 11.5 Å². The second-order valence-electron chi connectivity index (χ2n) is 7.51. The quantitative estimate of drug-likeness (QED) is 0.708. The van der Waals surface area contributed by atoms with Crippen LogP contribution < -0.4 is 20.1 Å². The second-order valence-corrected chi connectivity index (χ2v) is 7.51. The van der Waals surface area contributed by atoms with Gasteiger partial charge in [-0.1, -0.05) is 0 Å². The summed E-state index contributed by atoms with van der Waals surface area (Å²) in [6.45, 7) is 5.50. The summed E-state index contributed by atoms with van der Waals surface area (Å²) in [5, 5.41) is 6.46. The van der Waals surface area contributed by atoms with Crippen LogP contribution in [0.15, 0.2) is 18.2 Å². The molecule has 2 aliphatic rings. The standard InChI is InChI=1S/C20H31N3O3/c1-14(21-12-15-8-9-23(13-15)16-4-5-16)10-20(24)22-18-7-6-17(25-2)11-19(18)26-3/h6-7,11,14-16,21H,4-5,8-10,12-13H2,1-3H3,(H,22,24). The Hall–Kier alpha value is -1.79. The van der Waals surface area contributed by atoms with Gasteiger partial charge in [-0.15, -0.1) is 0 Å². The molecule has 0 radical (unpaired) electrons. The number of hydrogen-bond acceptors (Lipinski definition) is 5. The van der Waals surface area contributed by atoms with E-state index in [0.717, 1.165) is 12.6 Å². The van der Waals surface area contributed by atoms with Crippen LogP contribution in [-0.4, -0.2) is 56.7 Å². The molecule has 6 heteroatoms. The first-order chi connectivity index (χ1) is 12.6.